The van der Waals surface area contributed by atoms with Gasteiger partial charge in [0.1, 0.15) is 0 Å². The summed E-state index contributed by atoms with van der Waals surface area (Å²) in [6.07, 6.45) is 14.0. The molecule has 2 aliphatic carbocycles. The summed E-state index contributed by atoms with van der Waals surface area (Å²) in [7, 11) is 0. The zero-order valence-electron chi connectivity index (χ0n) is 14.5. The molecule has 1 heterocycles. The van der Waals surface area contributed by atoms with Crippen LogP contribution in [0.15, 0.2) is 23.9 Å². The lowest BCUT2D eigenvalue weighted by molar-refractivity contribution is 0.139. The first-order valence-electron chi connectivity index (χ1n) is 9.20. The van der Waals surface area contributed by atoms with E-state index >= 15 is 0 Å². The zero-order valence-corrected chi connectivity index (χ0v) is 14.5. The Morgan fingerprint density at radius 2 is 2.29 bits per heavy atom. The van der Waals surface area contributed by atoms with Crippen LogP contribution in [0.3, 0.4) is 0 Å². The van der Waals surface area contributed by atoms with E-state index in [1.807, 2.05) is 12.5 Å². The maximum atomic E-state index is 12.0. The van der Waals surface area contributed by atoms with Crippen LogP contribution in [-0.2, 0) is 11.4 Å². The highest BCUT2D eigenvalue weighted by molar-refractivity contribution is 5.87. The third-order valence-electron chi connectivity index (χ3n) is 5.20. The van der Waals surface area contributed by atoms with Gasteiger partial charge in [-0.1, -0.05) is 31.3 Å². The monoisotopic (exact) mass is 332 g/mol. The lowest BCUT2D eigenvalue weighted by atomic mass is 9.87. The van der Waals surface area contributed by atoms with Gasteiger partial charge >= 0.3 is 6.09 Å². The fraction of sp³-hybridized carbons (Fsp3) is 0.722. The summed E-state index contributed by atoms with van der Waals surface area (Å²) in [6.45, 7) is 3.09. The van der Waals surface area contributed by atoms with Crippen LogP contribution in [-0.4, -0.2) is 27.4 Å². The number of nitrogens with one attached hydrogen (secondary N) is 1. The quantitative estimate of drug-likeness (QED) is 0.674. The summed E-state index contributed by atoms with van der Waals surface area (Å²) >= 11 is 0. The molecule has 1 aromatic rings. The van der Waals surface area contributed by atoms with E-state index < -0.39 is 6.09 Å². The van der Waals surface area contributed by atoms with Crippen LogP contribution < -0.4 is 5.32 Å². The molecule has 0 spiro atoms. The molecule has 0 aromatic carbocycles. The number of carbonyl (C=O) groups is 1. The molecule has 6 heteroatoms. The van der Waals surface area contributed by atoms with Crippen molar-refractivity contribution < 1.29 is 9.63 Å². The van der Waals surface area contributed by atoms with Crippen LogP contribution in [0.1, 0.15) is 58.3 Å². The molecule has 2 saturated carbocycles. The van der Waals surface area contributed by atoms with Crippen molar-refractivity contribution in [2.24, 2.45) is 17.0 Å². The van der Waals surface area contributed by atoms with Crippen molar-refractivity contribution in [2.45, 2.75) is 70.9 Å². The number of imidazole rings is 1. The van der Waals surface area contributed by atoms with Gasteiger partial charge in [0.2, 0.25) is 0 Å². The summed E-state index contributed by atoms with van der Waals surface area (Å²) in [5.74, 6) is 1.00. The SMILES string of the molecule is CC1CCCC(NC(=O)O/N=C2\CCCCC2Cn2ccnc2)C1. The highest BCUT2D eigenvalue weighted by Crippen LogP contribution is 2.25. The van der Waals surface area contributed by atoms with Crippen molar-refractivity contribution >= 4 is 11.8 Å². The van der Waals surface area contributed by atoms with Gasteiger partial charge in [0.25, 0.3) is 0 Å². The first-order valence-corrected chi connectivity index (χ1v) is 9.20. The first kappa shape index (κ1) is 17.0. The third-order valence-corrected chi connectivity index (χ3v) is 5.20. The molecule has 3 atom stereocenters. The fourth-order valence-electron chi connectivity index (χ4n) is 3.89. The van der Waals surface area contributed by atoms with E-state index in [1.165, 1.54) is 19.3 Å². The predicted octanol–water partition coefficient (Wildman–Crippen LogP) is 3.73. The predicted molar refractivity (Wildman–Crippen MR) is 92.7 cm³/mol. The first-order chi connectivity index (χ1) is 11.7. The van der Waals surface area contributed by atoms with Gasteiger partial charge in [-0.05, 0) is 38.0 Å². The standard InChI is InChI=1S/C18H28N4O2/c1-14-5-4-7-16(11-14)20-18(23)24-21-17-8-3-2-6-15(17)12-22-10-9-19-13-22/h9-10,13-16H,2-8,11-12H2,1H3,(H,20,23)/b21-17+. The molecule has 132 valence electrons. The highest BCUT2D eigenvalue weighted by atomic mass is 16.7. The molecule has 1 amide bonds. The van der Waals surface area contributed by atoms with Crippen LogP contribution in [0, 0.1) is 11.8 Å². The largest absolute Gasteiger partial charge is 0.433 e. The highest BCUT2D eigenvalue weighted by Gasteiger charge is 2.23. The topological polar surface area (TPSA) is 68.5 Å². The molecule has 3 unspecified atom stereocenters. The maximum Gasteiger partial charge on any atom is 0.433 e. The van der Waals surface area contributed by atoms with Gasteiger partial charge in [-0.3, -0.25) is 4.84 Å². The van der Waals surface area contributed by atoms with Gasteiger partial charge in [-0.2, -0.15) is 0 Å². The van der Waals surface area contributed by atoms with E-state index in [4.69, 9.17) is 4.84 Å². The van der Waals surface area contributed by atoms with E-state index in [0.717, 1.165) is 44.4 Å². The van der Waals surface area contributed by atoms with Gasteiger partial charge in [0.15, 0.2) is 0 Å². The lowest BCUT2D eigenvalue weighted by Crippen LogP contribution is -2.38. The van der Waals surface area contributed by atoms with Gasteiger partial charge in [0.05, 0.1) is 12.0 Å². The van der Waals surface area contributed by atoms with Gasteiger partial charge < -0.3 is 9.88 Å². The molecule has 3 rings (SSSR count). The maximum absolute atomic E-state index is 12.0. The molecule has 2 aliphatic rings. The number of hydrogen-bond donors (Lipinski definition) is 1. The van der Waals surface area contributed by atoms with Crippen LogP contribution in [0.2, 0.25) is 0 Å². The molecule has 0 bridgehead atoms. The van der Waals surface area contributed by atoms with Crippen LogP contribution in [0.25, 0.3) is 0 Å². The summed E-state index contributed by atoms with van der Waals surface area (Å²) in [5, 5.41) is 7.17. The number of oxime groups is 1. The Bertz CT molecular complexity index is 555. The molecule has 0 saturated heterocycles. The van der Waals surface area contributed by atoms with Crippen molar-refractivity contribution in [3.8, 4) is 0 Å². The van der Waals surface area contributed by atoms with Crippen molar-refractivity contribution in [1.29, 1.82) is 0 Å². The van der Waals surface area contributed by atoms with E-state index in [1.54, 1.807) is 6.20 Å². The Labute approximate surface area is 143 Å². The number of hydrogen-bond acceptors (Lipinski definition) is 4. The van der Waals surface area contributed by atoms with Crippen molar-refractivity contribution in [2.75, 3.05) is 0 Å². The van der Waals surface area contributed by atoms with E-state index in [-0.39, 0.29) is 6.04 Å². The molecule has 0 radical (unpaired) electrons. The number of nitrogens with zero attached hydrogens (tertiary/aromatic N) is 3. The van der Waals surface area contributed by atoms with Crippen LogP contribution >= 0.6 is 0 Å². The average Bonchev–Trinajstić information content (AvgIpc) is 3.07. The number of aromatic nitrogens is 2. The second-order valence-corrected chi connectivity index (χ2v) is 7.28. The minimum Gasteiger partial charge on any atom is -0.337 e. The summed E-state index contributed by atoms with van der Waals surface area (Å²) in [6, 6.07) is 0.231. The Morgan fingerprint density at radius 1 is 1.38 bits per heavy atom. The van der Waals surface area contributed by atoms with E-state index in [0.29, 0.717) is 11.8 Å². The second kappa shape index (κ2) is 8.31. The molecule has 0 aliphatic heterocycles. The number of amides is 1. The smallest absolute Gasteiger partial charge is 0.337 e. The average molecular weight is 332 g/mol. The third kappa shape index (κ3) is 4.82. The van der Waals surface area contributed by atoms with Crippen molar-refractivity contribution in [1.82, 2.24) is 14.9 Å². The Hall–Kier alpha value is -1.85. The second-order valence-electron chi connectivity index (χ2n) is 7.28. The molecule has 24 heavy (non-hydrogen) atoms. The fourth-order valence-corrected chi connectivity index (χ4v) is 3.89. The molecular formula is C18H28N4O2. The summed E-state index contributed by atoms with van der Waals surface area (Å²) in [5.41, 5.74) is 1.00. The number of carbonyl (C=O) groups excluding carboxylic acids is 1. The van der Waals surface area contributed by atoms with Gasteiger partial charge in [-0.15, -0.1) is 0 Å². The minimum atomic E-state index is -0.409. The normalized spacial score (nSPS) is 29.4. The molecule has 1 aromatic heterocycles. The number of rotatable bonds is 4. The van der Waals surface area contributed by atoms with Gasteiger partial charge in [0, 0.05) is 30.9 Å². The van der Waals surface area contributed by atoms with Gasteiger partial charge in [-0.25, -0.2) is 9.78 Å². The van der Waals surface area contributed by atoms with E-state index in [2.05, 4.69) is 26.9 Å². The Kier molecular flexibility index (Phi) is 5.88. The Balaban J connectivity index is 1.52. The molecule has 6 nitrogen and oxygen atoms in total. The van der Waals surface area contributed by atoms with Crippen LogP contribution in [0.5, 0.6) is 0 Å². The lowest BCUT2D eigenvalue weighted by Gasteiger charge is -2.27. The van der Waals surface area contributed by atoms with E-state index in [9.17, 15) is 4.79 Å². The molecule has 2 fully saturated rings. The minimum absolute atomic E-state index is 0.231. The summed E-state index contributed by atoms with van der Waals surface area (Å²) < 4.78 is 2.06. The zero-order chi connectivity index (χ0) is 16.8. The van der Waals surface area contributed by atoms with Crippen molar-refractivity contribution in [3.05, 3.63) is 18.7 Å². The van der Waals surface area contributed by atoms with Crippen LogP contribution in [0.4, 0.5) is 4.79 Å². The molecule has 1 N–H and O–H groups in total. The summed E-state index contributed by atoms with van der Waals surface area (Å²) in [4.78, 5) is 21.3. The molecular weight excluding hydrogens is 304 g/mol. The Morgan fingerprint density at radius 3 is 3.08 bits per heavy atom. The van der Waals surface area contributed by atoms with Crippen molar-refractivity contribution in [3.63, 3.8) is 0 Å².